The molecule has 1 amide bonds. The van der Waals surface area contributed by atoms with Gasteiger partial charge in [0.1, 0.15) is 11.6 Å². The van der Waals surface area contributed by atoms with Gasteiger partial charge >= 0.3 is 0 Å². The van der Waals surface area contributed by atoms with Crippen LogP contribution in [0.2, 0.25) is 0 Å². The van der Waals surface area contributed by atoms with Crippen LogP contribution in [-0.4, -0.2) is 43.4 Å². The number of β-amino-alcohol motifs (C(OH)–C–C–N with tert-alkyl or cyclic N) is 1. The number of benzene rings is 1. The van der Waals surface area contributed by atoms with Crippen molar-refractivity contribution < 1.29 is 19.0 Å². The predicted molar refractivity (Wildman–Crippen MR) is 74.9 cm³/mol. The molecule has 0 bridgehead atoms. The standard InChI is InChI=1S/C13H17FN2O3.ClH/c1-19-12-3-2-8(14)6-9(12)13(18)16-10-4-5-15-7-11(10)17;/h2-3,6,10-11,15,17H,4-5,7H2,1H3,(H,16,18);1H/t10-,11-;/m1./s1. The number of nitrogens with one attached hydrogen (secondary N) is 2. The van der Waals surface area contributed by atoms with E-state index in [2.05, 4.69) is 10.6 Å². The number of rotatable bonds is 3. The van der Waals surface area contributed by atoms with Crippen molar-refractivity contribution in [1.82, 2.24) is 10.6 Å². The molecule has 1 fully saturated rings. The van der Waals surface area contributed by atoms with E-state index in [-0.39, 0.29) is 24.0 Å². The summed E-state index contributed by atoms with van der Waals surface area (Å²) in [6.45, 7) is 1.16. The van der Waals surface area contributed by atoms with E-state index < -0.39 is 17.8 Å². The number of amides is 1. The molecule has 1 aliphatic heterocycles. The molecule has 0 unspecified atom stereocenters. The molecule has 0 aliphatic carbocycles. The van der Waals surface area contributed by atoms with Crippen LogP contribution in [0, 0.1) is 5.82 Å². The quantitative estimate of drug-likeness (QED) is 0.769. The first-order valence-corrected chi connectivity index (χ1v) is 6.15. The van der Waals surface area contributed by atoms with Crippen LogP contribution in [-0.2, 0) is 0 Å². The Kier molecular flexibility index (Phi) is 6.19. The normalized spacial score (nSPS) is 21.8. The molecule has 1 aliphatic rings. The average molecular weight is 305 g/mol. The predicted octanol–water partition coefficient (Wildman–Crippen LogP) is 0.709. The van der Waals surface area contributed by atoms with Gasteiger partial charge in [0.15, 0.2) is 0 Å². The van der Waals surface area contributed by atoms with Crippen molar-refractivity contribution in [3.8, 4) is 5.75 Å². The molecule has 0 spiro atoms. The van der Waals surface area contributed by atoms with Crippen molar-refractivity contribution in [3.63, 3.8) is 0 Å². The van der Waals surface area contributed by atoms with Gasteiger partial charge in [-0.05, 0) is 31.2 Å². The summed E-state index contributed by atoms with van der Waals surface area (Å²) in [6.07, 6.45) is -0.0119. The fourth-order valence-electron chi connectivity index (χ4n) is 2.11. The third-order valence-electron chi connectivity index (χ3n) is 3.17. The van der Waals surface area contributed by atoms with Gasteiger partial charge in [-0.3, -0.25) is 4.79 Å². The third-order valence-corrected chi connectivity index (χ3v) is 3.17. The highest BCUT2D eigenvalue weighted by atomic mass is 35.5. The third kappa shape index (κ3) is 3.82. The first-order valence-electron chi connectivity index (χ1n) is 6.15. The molecule has 0 saturated carbocycles. The smallest absolute Gasteiger partial charge is 0.255 e. The Morgan fingerprint density at radius 2 is 2.30 bits per heavy atom. The van der Waals surface area contributed by atoms with Crippen molar-refractivity contribution in [2.45, 2.75) is 18.6 Å². The van der Waals surface area contributed by atoms with Crippen LogP contribution in [0.5, 0.6) is 5.75 Å². The van der Waals surface area contributed by atoms with Crippen LogP contribution in [0.4, 0.5) is 4.39 Å². The number of aliphatic hydroxyl groups excluding tert-OH is 1. The van der Waals surface area contributed by atoms with Gasteiger partial charge < -0.3 is 20.5 Å². The molecule has 2 atom stereocenters. The highest BCUT2D eigenvalue weighted by Crippen LogP contribution is 2.19. The summed E-state index contributed by atoms with van der Waals surface area (Å²) in [7, 11) is 1.42. The fraction of sp³-hybridized carbons (Fsp3) is 0.462. The zero-order valence-corrected chi connectivity index (χ0v) is 11.9. The van der Waals surface area contributed by atoms with E-state index in [0.717, 1.165) is 12.6 Å². The Balaban J connectivity index is 0.00000200. The van der Waals surface area contributed by atoms with Crippen molar-refractivity contribution in [2.24, 2.45) is 0 Å². The molecule has 1 saturated heterocycles. The summed E-state index contributed by atoms with van der Waals surface area (Å²) in [6, 6.07) is 3.43. The Morgan fingerprint density at radius 1 is 1.55 bits per heavy atom. The SMILES string of the molecule is COc1ccc(F)cc1C(=O)N[C@@H]1CCNC[C@H]1O.Cl. The van der Waals surface area contributed by atoms with Crippen LogP contribution in [0.1, 0.15) is 16.8 Å². The van der Waals surface area contributed by atoms with E-state index in [1.807, 2.05) is 0 Å². The first kappa shape index (κ1) is 16.7. The molecule has 5 nitrogen and oxygen atoms in total. The highest BCUT2D eigenvalue weighted by molar-refractivity contribution is 5.97. The number of piperidine rings is 1. The van der Waals surface area contributed by atoms with Crippen molar-refractivity contribution >= 4 is 18.3 Å². The highest BCUT2D eigenvalue weighted by Gasteiger charge is 2.25. The van der Waals surface area contributed by atoms with Gasteiger partial charge in [0.05, 0.1) is 24.8 Å². The lowest BCUT2D eigenvalue weighted by molar-refractivity contribution is 0.0762. The summed E-state index contributed by atoms with van der Waals surface area (Å²) < 4.78 is 18.2. The van der Waals surface area contributed by atoms with E-state index >= 15 is 0 Å². The van der Waals surface area contributed by atoms with E-state index in [1.54, 1.807) is 0 Å². The van der Waals surface area contributed by atoms with Gasteiger partial charge in [-0.15, -0.1) is 12.4 Å². The Labute approximate surface area is 122 Å². The van der Waals surface area contributed by atoms with E-state index in [9.17, 15) is 14.3 Å². The van der Waals surface area contributed by atoms with Gasteiger partial charge in [-0.1, -0.05) is 0 Å². The van der Waals surface area contributed by atoms with Crippen LogP contribution in [0.25, 0.3) is 0 Å². The number of carbonyl (C=O) groups excluding carboxylic acids is 1. The Bertz CT molecular complexity index is 473. The number of methoxy groups -OCH3 is 1. The van der Waals surface area contributed by atoms with Crippen LogP contribution in [0.15, 0.2) is 18.2 Å². The summed E-state index contributed by atoms with van der Waals surface area (Å²) in [5.74, 6) is -0.638. The lowest BCUT2D eigenvalue weighted by atomic mass is 10.0. The lowest BCUT2D eigenvalue weighted by Gasteiger charge is -2.29. The van der Waals surface area contributed by atoms with E-state index in [1.165, 1.54) is 19.2 Å². The maximum Gasteiger partial charge on any atom is 0.255 e. The average Bonchev–Trinajstić information content (AvgIpc) is 2.41. The van der Waals surface area contributed by atoms with Gasteiger partial charge in [-0.25, -0.2) is 4.39 Å². The minimum Gasteiger partial charge on any atom is -0.496 e. The largest absolute Gasteiger partial charge is 0.496 e. The molecule has 112 valence electrons. The fourth-order valence-corrected chi connectivity index (χ4v) is 2.11. The van der Waals surface area contributed by atoms with Gasteiger partial charge in [0.2, 0.25) is 0 Å². The Hall–Kier alpha value is -1.37. The van der Waals surface area contributed by atoms with E-state index in [4.69, 9.17) is 4.74 Å². The van der Waals surface area contributed by atoms with Gasteiger partial charge in [0, 0.05) is 6.54 Å². The van der Waals surface area contributed by atoms with Crippen molar-refractivity contribution in [2.75, 3.05) is 20.2 Å². The maximum atomic E-state index is 13.2. The number of carbonyl (C=O) groups is 1. The monoisotopic (exact) mass is 304 g/mol. The Morgan fingerprint density at radius 3 is 2.95 bits per heavy atom. The second kappa shape index (κ2) is 7.42. The summed E-state index contributed by atoms with van der Waals surface area (Å²) in [5, 5.41) is 15.5. The molecular formula is C13H18ClFN2O3. The van der Waals surface area contributed by atoms with Crippen LogP contribution >= 0.6 is 12.4 Å². The molecule has 7 heteroatoms. The second-order valence-corrected chi connectivity index (χ2v) is 4.48. The topological polar surface area (TPSA) is 70.6 Å². The first-order chi connectivity index (χ1) is 9.11. The van der Waals surface area contributed by atoms with Crippen molar-refractivity contribution in [3.05, 3.63) is 29.6 Å². The minimum absolute atomic E-state index is 0. The molecule has 0 aromatic heterocycles. The molecule has 1 aromatic carbocycles. The zero-order valence-electron chi connectivity index (χ0n) is 11.1. The second-order valence-electron chi connectivity index (χ2n) is 4.48. The van der Waals surface area contributed by atoms with Crippen LogP contribution in [0.3, 0.4) is 0 Å². The van der Waals surface area contributed by atoms with E-state index in [0.29, 0.717) is 18.7 Å². The number of hydrogen-bond donors (Lipinski definition) is 3. The summed E-state index contributed by atoms with van der Waals surface area (Å²) >= 11 is 0. The number of aliphatic hydroxyl groups is 1. The molecule has 0 radical (unpaired) electrons. The number of ether oxygens (including phenoxy) is 1. The molecule has 2 rings (SSSR count). The molecule has 1 heterocycles. The lowest BCUT2D eigenvalue weighted by Crippen LogP contribution is -2.52. The molecule has 3 N–H and O–H groups in total. The van der Waals surface area contributed by atoms with Gasteiger partial charge in [0.25, 0.3) is 5.91 Å². The summed E-state index contributed by atoms with van der Waals surface area (Å²) in [4.78, 5) is 12.1. The van der Waals surface area contributed by atoms with Crippen molar-refractivity contribution in [1.29, 1.82) is 0 Å². The number of halogens is 2. The summed E-state index contributed by atoms with van der Waals surface area (Å²) in [5.41, 5.74) is 0.133. The minimum atomic E-state index is -0.641. The van der Waals surface area contributed by atoms with Crippen LogP contribution < -0.4 is 15.4 Å². The number of hydrogen-bond acceptors (Lipinski definition) is 4. The van der Waals surface area contributed by atoms with Gasteiger partial charge in [-0.2, -0.15) is 0 Å². The molecule has 20 heavy (non-hydrogen) atoms. The molecule has 1 aromatic rings. The maximum absolute atomic E-state index is 13.2. The zero-order chi connectivity index (χ0) is 13.8. The molecular weight excluding hydrogens is 287 g/mol.